The van der Waals surface area contributed by atoms with Crippen LogP contribution in [0.5, 0.6) is 5.75 Å². The second-order valence-corrected chi connectivity index (χ2v) is 2.38. The van der Waals surface area contributed by atoms with Gasteiger partial charge in [-0.15, -0.1) is 17.0 Å². The van der Waals surface area contributed by atoms with Gasteiger partial charge in [0.2, 0.25) is 0 Å². The predicted molar refractivity (Wildman–Crippen MR) is 51.0 cm³/mol. The molecule has 2 nitrogen and oxygen atoms in total. The highest BCUT2D eigenvalue weighted by Gasteiger charge is 1.97. The van der Waals surface area contributed by atoms with Gasteiger partial charge in [-0.05, 0) is 24.6 Å². The Kier molecular flexibility index (Phi) is 4.15. The van der Waals surface area contributed by atoms with Crippen molar-refractivity contribution in [1.29, 1.82) is 0 Å². The molecule has 0 spiro atoms. The van der Waals surface area contributed by atoms with Crippen LogP contribution in [0.25, 0.3) is 0 Å². The van der Waals surface area contributed by atoms with Crippen LogP contribution in [0.1, 0.15) is 18.5 Å². The quantitative estimate of drug-likeness (QED) is 0.757. The summed E-state index contributed by atoms with van der Waals surface area (Å²) in [5.74, 6) is 0.273. The van der Waals surface area contributed by atoms with Gasteiger partial charge in [-0.2, -0.15) is 0 Å². The summed E-state index contributed by atoms with van der Waals surface area (Å²) >= 11 is 0. The monoisotopic (exact) mass is 217 g/mol. The molecule has 0 aliphatic carbocycles. The largest absolute Gasteiger partial charge is 0.508 e. The lowest BCUT2D eigenvalue weighted by atomic mass is 10.1. The van der Waals surface area contributed by atoms with Gasteiger partial charge in [0.05, 0.1) is 0 Å². The van der Waals surface area contributed by atoms with Gasteiger partial charge in [-0.3, -0.25) is 0 Å². The molecular formula is C8H12BrNO. The molecule has 0 aliphatic heterocycles. The maximum absolute atomic E-state index is 9.01. The summed E-state index contributed by atoms with van der Waals surface area (Å²) in [6, 6.07) is 6.97. The third-order valence-electron chi connectivity index (χ3n) is 1.40. The third kappa shape index (κ3) is 2.91. The SMILES string of the molecule is Br.C[C@@H](N)c1cccc(O)c1. The zero-order chi connectivity index (χ0) is 7.56. The molecule has 3 heteroatoms. The first-order chi connectivity index (χ1) is 4.70. The van der Waals surface area contributed by atoms with Crippen molar-refractivity contribution in [3.8, 4) is 5.75 Å². The summed E-state index contributed by atoms with van der Waals surface area (Å²) in [6.45, 7) is 1.88. The Morgan fingerprint density at radius 2 is 2.09 bits per heavy atom. The van der Waals surface area contributed by atoms with Crippen molar-refractivity contribution in [1.82, 2.24) is 0 Å². The Balaban J connectivity index is 0.000001000. The highest BCUT2D eigenvalue weighted by Crippen LogP contribution is 2.15. The zero-order valence-corrected chi connectivity index (χ0v) is 8.03. The van der Waals surface area contributed by atoms with E-state index in [1.165, 1.54) is 0 Å². The Hall–Kier alpha value is -0.540. The maximum Gasteiger partial charge on any atom is 0.115 e. The van der Waals surface area contributed by atoms with E-state index in [1.54, 1.807) is 18.2 Å². The van der Waals surface area contributed by atoms with Gasteiger partial charge < -0.3 is 10.8 Å². The molecule has 3 N–H and O–H groups in total. The molecule has 0 aromatic heterocycles. The van der Waals surface area contributed by atoms with Crippen molar-refractivity contribution in [2.75, 3.05) is 0 Å². The van der Waals surface area contributed by atoms with Crippen LogP contribution >= 0.6 is 17.0 Å². The second kappa shape index (κ2) is 4.36. The van der Waals surface area contributed by atoms with Crippen LogP contribution in [0.3, 0.4) is 0 Å². The van der Waals surface area contributed by atoms with E-state index in [0.29, 0.717) is 0 Å². The molecule has 62 valence electrons. The van der Waals surface area contributed by atoms with Gasteiger partial charge in [-0.1, -0.05) is 12.1 Å². The molecule has 0 bridgehead atoms. The number of phenols is 1. The van der Waals surface area contributed by atoms with Crippen LogP contribution < -0.4 is 5.73 Å². The average molecular weight is 218 g/mol. The molecule has 0 saturated carbocycles. The number of rotatable bonds is 1. The second-order valence-electron chi connectivity index (χ2n) is 2.38. The minimum Gasteiger partial charge on any atom is -0.508 e. The Labute approximate surface area is 76.8 Å². The molecule has 0 unspecified atom stereocenters. The van der Waals surface area contributed by atoms with E-state index >= 15 is 0 Å². The predicted octanol–water partition coefficient (Wildman–Crippen LogP) is 1.99. The number of hydrogen-bond acceptors (Lipinski definition) is 2. The number of aromatic hydroxyl groups is 1. The molecule has 1 rings (SSSR count). The van der Waals surface area contributed by atoms with Crippen molar-refractivity contribution < 1.29 is 5.11 Å². The number of benzene rings is 1. The average Bonchev–Trinajstić information content (AvgIpc) is 1.88. The van der Waals surface area contributed by atoms with Crippen LogP contribution in [0.2, 0.25) is 0 Å². The van der Waals surface area contributed by atoms with Crippen molar-refractivity contribution in [2.24, 2.45) is 5.73 Å². The molecule has 0 heterocycles. The lowest BCUT2D eigenvalue weighted by Gasteiger charge is -2.03. The van der Waals surface area contributed by atoms with Gasteiger partial charge >= 0.3 is 0 Å². The third-order valence-corrected chi connectivity index (χ3v) is 1.40. The number of phenolic OH excluding ortho intramolecular Hbond substituents is 1. The van der Waals surface area contributed by atoms with Crippen LogP contribution in [0.4, 0.5) is 0 Å². The van der Waals surface area contributed by atoms with E-state index in [-0.39, 0.29) is 28.8 Å². The van der Waals surface area contributed by atoms with Crippen molar-refractivity contribution in [3.05, 3.63) is 29.8 Å². The van der Waals surface area contributed by atoms with E-state index in [4.69, 9.17) is 10.8 Å². The summed E-state index contributed by atoms with van der Waals surface area (Å²) in [4.78, 5) is 0. The van der Waals surface area contributed by atoms with E-state index in [9.17, 15) is 0 Å². The topological polar surface area (TPSA) is 46.2 Å². The summed E-state index contributed by atoms with van der Waals surface area (Å²) in [5, 5.41) is 9.01. The van der Waals surface area contributed by atoms with Gasteiger partial charge in [0, 0.05) is 6.04 Å². The van der Waals surface area contributed by atoms with Crippen molar-refractivity contribution in [2.45, 2.75) is 13.0 Å². The molecule has 0 amide bonds. The van der Waals surface area contributed by atoms with Gasteiger partial charge in [-0.25, -0.2) is 0 Å². The molecule has 1 aromatic rings. The van der Waals surface area contributed by atoms with Gasteiger partial charge in [0.1, 0.15) is 5.75 Å². The Morgan fingerprint density at radius 1 is 1.45 bits per heavy atom. The summed E-state index contributed by atoms with van der Waals surface area (Å²) < 4.78 is 0. The van der Waals surface area contributed by atoms with E-state index < -0.39 is 0 Å². The standard InChI is InChI=1S/C8H11NO.BrH/c1-6(9)7-3-2-4-8(10)5-7;/h2-6,10H,9H2,1H3;1H/t6-;/m1./s1. The fourth-order valence-electron chi connectivity index (χ4n) is 0.808. The van der Waals surface area contributed by atoms with Crippen LogP contribution in [0, 0.1) is 0 Å². The Bertz CT molecular complexity index is 225. The normalized spacial score (nSPS) is 11.8. The molecule has 1 atom stereocenters. The van der Waals surface area contributed by atoms with E-state index in [2.05, 4.69) is 0 Å². The first kappa shape index (κ1) is 10.5. The molecule has 1 aromatic carbocycles. The summed E-state index contributed by atoms with van der Waals surface area (Å²) in [5.41, 5.74) is 6.53. The smallest absolute Gasteiger partial charge is 0.115 e. The number of hydrogen-bond donors (Lipinski definition) is 2. The van der Waals surface area contributed by atoms with Gasteiger partial charge in [0.15, 0.2) is 0 Å². The fraction of sp³-hybridized carbons (Fsp3) is 0.250. The molecule has 0 saturated heterocycles. The minimum absolute atomic E-state index is 0. The molecule has 0 aliphatic rings. The van der Waals surface area contributed by atoms with Crippen LogP contribution in [0.15, 0.2) is 24.3 Å². The molecular weight excluding hydrogens is 206 g/mol. The molecule has 0 fully saturated rings. The zero-order valence-electron chi connectivity index (χ0n) is 6.32. The first-order valence-electron chi connectivity index (χ1n) is 3.24. The number of halogens is 1. The number of nitrogens with two attached hydrogens (primary N) is 1. The Morgan fingerprint density at radius 3 is 2.45 bits per heavy atom. The first-order valence-corrected chi connectivity index (χ1v) is 3.24. The van der Waals surface area contributed by atoms with Crippen LogP contribution in [-0.2, 0) is 0 Å². The van der Waals surface area contributed by atoms with E-state index in [1.807, 2.05) is 13.0 Å². The van der Waals surface area contributed by atoms with Crippen molar-refractivity contribution >= 4 is 17.0 Å². The molecule has 0 radical (unpaired) electrons. The van der Waals surface area contributed by atoms with Gasteiger partial charge in [0.25, 0.3) is 0 Å². The highest BCUT2D eigenvalue weighted by molar-refractivity contribution is 8.93. The minimum atomic E-state index is -0.00731. The maximum atomic E-state index is 9.01. The fourth-order valence-corrected chi connectivity index (χ4v) is 0.808. The lowest BCUT2D eigenvalue weighted by Crippen LogP contribution is -2.03. The van der Waals surface area contributed by atoms with Crippen LogP contribution in [-0.4, -0.2) is 5.11 Å². The molecule has 11 heavy (non-hydrogen) atoms. The van der Waals surface area contributed by atoms with Crippen molar-refractivity contribution in [3.63, 3.8) is 0 Å². The van der Waals surface area contributed by atoms with E-state index in [0.717, 1.165) is 5.56 Å². The highest BCUT2D eigenvalue weighted by atomic mass is 79.9. The lowest BCUT2D eigenvalue weighted by molar-refractivity contribution is 0.474. The summed E-state index contributed by atoms with van der Waals surface area (Å²) in [7, 11) is 0. The summed E-state index contributed by atoms with van der Waals surface area (Å²) in [6.07, 6.45) is 0.